The van der Waals surface area contributed by atoms with Crippen molar-refractivity contribution in [1.29, 1.82) is 0 Å². The van der Waals surface area contributed by atoms with Gasteiger partial charge in [-0.2, -0.15) is 0 Å². The molecule has 0 aliphatic rings. The first-order chi connectivity index (χ1) is 11.1. The standard InChI is InChI=1S/C17H22N2O3S/c1-14-13-23-17(21)19(14)9-8-16(20)18(10-11-22-2)12-15-6-4-3-5-7-15/h3-7,13H,8-12H2,1-2H3. The molecule has 0 unspecified atom stereocenters. The van der Waals surface area contributed by atoms with E-state index >= 15 is 0 Å². The van der Waals surface area contributed by atoms with Crippen LogP contribution in [0.5, 0.6) is 0 Å². The molecule has 124 valence electrons. The molecule has 0 radical (unpaired) electrons. The minimum absolute atomic E-state index is 0.0122. The van der Waals surface area contributed by atoms with Crippen molar-refractivity contribution in [2.24, 2.45) is 0 Å². The van der Waals surface area contributed by atoms with Crippen LogP contribution in [0, 0.1) is 6.92 Å². The predicted octanol–water partition coefficient (Wildman–Crippen LogP) is 2.28. The molecule has 0 atom stereocenters. The zero-order valence-corrected chi connectivity index (χ0v) is 14.3. The number of carbonyl (C=O) groups is 1. The summed E-state index contributed by atoms with van der Waals surface area (Å²) >= 11 is 1.17. The second-order valence-electron chi connectivity index (χ2n) is 5.34. The van der Waals surface area contributed by atoms with Gasteiger partial charge in [0.1, 0.15) is 0 Å². The van der Waals surface area contributed by atoms with Crippen LogP contribution in [0.15, 0.2) is 40.5 Å². The van der Waals surface area contributed by atoms with E-state index in [1.165, 1.54) is 11.3 Å². The minimum Gasteiger partial charge on any atom is -0.383 e. The zero-order valence-electron chi connectivity index (χ0n) is 13.5. The van der Waals surface area contributed by atoms with Crippen molar-refractivity contribution in [3.63, 3.8) is 0 Å². The summed E-state index contributed by atoms with van der Waals surface area (Å²) in [6, 6.07) is 9.88. The van der Waals surface area contributed by atoms with E-state index in [1.54, 1.807) is 16.6 Å². The molecule has 6 heteroatoms. The highest BCUT2D eigenvalue weighted by Gasteiger charge is 2.15. The van der Waals surface area contributed by atoms with Gasteiger partial charge in [0.2, 0.25) is 5.91 Å². The van der Waals surface area contributed by atoms with Gasteiger partial charge in [0.15, 0.2) is 0 Å². The number of hydrogen-bond acceptors (Lipinski definition) is 4. The maximum atomic E-state index is 12.5. The number of amides is 1. The fourth-order valence-electron chi connectivity index (χ4n) is 2.34. The Kier molecular flexibility index (Phi) is 6.55. The fourth-order valence-corrected chi connectivity index (χ4v) is 3.10. The Morgan fingerprint density at radius 2 is 2.04 bits per heavy atom. The van der Waals surface area contributed by atoms with Crippen LogP contribution in [0.25, 0.3) is 0 Å². The van der Waals surface area contributed by atoms with E-state index in [0.717, 1.165) is 11.3 Å². The summed E-state index contributed by atoms with van der Waals surface area (Å²) in [6.07, 6.45) is 0.314. The van der Waals surface area contributed by atoms with Crippen LogP contribution in [0.1, 0.15) is 17.7 Å². The predicted molar refractivity (Wildman–Crippen MR) is 91.7 cm³/mol. The molecule has 0 aliphatic carbocycles. The van der Waals surface area contributed by atoms with E-state index in [9.17, 15) is 9.59 Å². The molecule has 0 spiro atoms. The van der Waals surface area contributed by atoms with Crippen LogP contribution in [0.4, 0.5) is 0 Å². The van der Waals surface area contributed by atoms with Crippen molar-refractivity contribution in [3.8, 4) is 0 Å². The van der Waals surface area contributed by atoms with Crippen LogP contribution < -0.4 is 4.87 Å². The maximum Gasteiger partial charge on any atom is 0.307 e. The highest BCUT2D eigenvalue weighted by atomic mass is 32.1. The van der Waals surface area contributed by atoms with E-state index in [0.29, 0.717) is 32.7 Å². The number of ether oxygens (including phenoxy) is 1. The smallest absolute Gasteiger partial charge is 0.307 e. The Morgan fingerprint density at radius 1 is 1.30 bits per heavy atom. The van der Waals surface area contributed by atoms with Crippen molar-refractivity contribution in [1.82, 2.24) is 9.47 Å². The molecule has 0 fully saturated rings. The average Bonchev–Trinajstić information content (AvgIpc) is 2.88. The van der Waals surface area contributed by atoms with Gasteiger partial charge in [0.05, 0.1) is 6.61 Å². The molecule has 1 aromatic heterocycles. The Balaban J connectivity index is 2.00. The highest BCUT2D eigenvalue weighted by molar-refractivity contribution is 7.07. The van der Waals surface area contributed by atoms with Crippen molar-refractivity contribution in [2.75, 3.05) is 20.3 Å². The highest BCUT2D eigenvalue weighted by Crippen LogP contribution is 2.08. The Labute approximate surface area is 140 Å². The normalized spacial score (nSPS) is 10.7. The van der Waals surface area contributed by atoms with E-state index in [-0.39, 0.29) is 10.8 Å². The van der Waals surface area contributed by atoms with Crippen molar-refractivity contribution < 1.29 is 9.53 Å². The van der Waals surface area contributed by atoms with Gasteiger partial charge in [0, 0.05) is 44.2 Å². The quantitative estimate of drug-likeness (QED) is 0.744. The van der Waals surface area contributed by atoms with Gasteiger partial charge in [-0.15, -0.1) is 0 Å². The van der Waals surface area contributed by atoms with E-state index < -0.39 is 0 Å². The third kappa shape index (κ3) is 5.04. The lowest BCUT2D eigenvalue weighted by molar-refractivity contribution is -0.132. The lowest BCUT2D eigenvalue weighted by Gasteiger charge is -2.23. The Bertz CT molecular complexity index is 679. The third-order valence-corrected chi connectivity index (χ3v) is 4.54. The maximum absolute atomic E-state index is 12.5. The van der Waals surface area contributed by atoms with Gasteiger partial charge in [-0.1, -0.05) is 41.7 Å². The van der Waals surface area contributed by atoms with E-state index in [4.69, 9.17) is 4.74 Å². The molecule has 23 heavy (non-hydrogen) atoms. The Morgan fingerprint density at radius 3 is 2.65 bits per heavy atom. The summed E-state index contributed by atoms with van der Waals surface area (Å²) in [7, 11) is 1.62. The van der Waals surface area contributed by atoms with Crippen molar-refractivity contribution in [3.05, 3.63) is 56.6 Å². The number of carbonyl (C=O) groups excluding carboxylic acids is 1. The summed E-state index contributed by atoms with van der Waals surface area (Å²) in [5.74, 6) is 0.0309. The van der Waals surface area contributed by atoms with E-state index in [2.05, 4.69) is 0 Å². The molecule has 1 heterocycles. The van der Waals surface area contributed by atoms with Gasteiger partial charge in [-0.3, -0.25) is 9.59 Å². The first-order valence-electron chi connectivity index (χ1n) is 7.57. The number of thiazole rings is 1. The largest absolute Gasteiger partial charge is 0.383 e. The molecule has 1 amide bonds. The molecule has 0 N–H and O–H groups in total. The number of hydrogen-bond donors (Lipinski definition) is 0. The summed E-state index contributed by atoms with van der Waals surface area (Å²) in [6.45, 7) is 3.90. The number of nitrogens with zero attached hydrogens (tertiary/aromatic N) is 2. The van der Waals surface area contributed by atoms with Crippen LogP contribution in [-0.4, -0.2) is 35.6 Å². The SMILES string of the molecule is COCCN(Cc1ccccc1)C(=O)CCn1c(C)csc1=O. The topological polar surface area (TPSA) is 51.5 Å². The molecular formula is C17H22N2O3S. The molecule has 2 rings (SSSR count). The second kappa shape index (κ2) is 8.64. The number of aromatic nitrogens is 1. The van der Waals surface area contributed by atoms with E-state index in [1.807, 2.05) is 42.6 Å². The van der Waals surface area contributed by atoms with Gasteiger partial charge in [0.25, 0.3) is 0 Å². The molecule has 5 nitrogen and oxygen atoms in total. The van der Waals surface area contributed by atoms with Crippen molar-refractivity contribution >= 4 is 17.2 Å². The van der Waals surface area contributed by atoms with Crippen LogP contribution >= 0.6 is 11.3 Å². The molecule has 0 saturated carbocycles. The number of benzene rings is 1. The van der Waals surface area contributed by atoms with Crippen LogP contribution in [0.2, 0.25) is 0 Å². The summed E-state index contributed by atoms with van der Waals surface area (Å²) in [4.78, 5) is 26.0. The zero-order chi connectivity index (χ0) is 16.7. The lowest BCUT2D eigenvalue weighted by Crippen LogP contribution is -2.34. The van der Waals surface area contributed by atoms with Crippen LogP contribution in [0.3, 0.4) is 0 Å². The first-order valence-corrected chi connectivity index (χ1v) is 8.45. The number of methoxy groups -OCH3 is 1. The number of aryl methyl sites for hydroxylation is 1. The summed E-state index contributed by atoms with van der Waals surface area (Å²) in [5, 5.41) is 1.82. The molecule has 0 saturated heterocycles. The molecule has 0 bridgehead atoms. The average molecular weight is 334 g/mol. The monoisotopic (exact) mass is 334 g/mol. The van der Waals surface area contributed by atoms with Gasteiger partial charge < -0.3 is 14.2 Å². The number of rotatable bonds is 8. The summed E-state index contributed by atoms with van der Waals surface area (Å²) in [5.41, 5.74) is 1.99. The summed E-state index contributed by atoms with van der Waals surface area (Å²) < 4.78 is 6.75. The fraction of sp³-hybridized carbons (Fsp3) is 0.412. The van der Waals surface area contributed by atoms with Gasteiger partial charge in [-0.05, 0) is 12.5 Å². The van der Waals surface area contributed by atoms with Crippen LogP contribution in [-0.2, 0) is 22.6 Å². The third-order valence-electron chi connectivity index (χ3n) is 3.66. The second-order valence-corrected chi connectivity index (χ2v) is 6.16. The molecule has 0 aliphatic heterocycles. The molecular weight excluding hydrogens is 312 g/mol. The lowest BCUT2D eigenvalue weighted by atomic mass is 10.2. The first kappa shape index (κ1) is 17.4. The van der Waals surface area contributed by atoms with Gasteiger partial charge in [-0.25, -0.2) is 0 Å². The molecule has 1 aromatic carbocycles. The van der Waals surface area contributed by atoms with Crippen molar-refractivity contribution in [2.45, 2.75) is 26.4 Å². The molecule has 2 aromatic rings. The minimum atomic E-state index is -0.0122. The van der Waals surface area contributed by atoms with Gasteiger partial charge >= 0.3 is 4.87 Å². The Hall–Kier alpha value is -1.92.